The van der Waals surface area contributed by atoms with Crippen LogP contribution in [-0.2, 0) is 11.2 Å². The van der Waals surface area contributed by atoms with E-state index < -0.39 is 4.92 Å². The second-order valence-electron chi connectivity index (χ2n) is 5.87. The third kappa shape index (κ3) is 5.77. The van der Waals surface area contributed by atoms with Crippen molar-refractivity contribution in [1.82, 2.24) is 5.32 Å². The predicted molar refractivity (Wildman–Crippen MR) is 97.5 cm³/mol. The maximum atomic E-state index is 12.0. The standard InChI is InChI=1S/C19H22N2O5/c1-14(7-8-15-9-11-16(25-2)12-10-15)20-19(22)13-26-18-6-4-3-5-17(18)21(23)24/h3-6,9-12,14H,7-8,13H2,1-2H3,(H,20,22). The fourth-order valence-electron chi connectivity index (χ4n) is 2.44. The highest BCUT2D eigenvalue weighted by Crippen LogP contribution is 2.25. The van der Waals surface area contributed by atoms with Crippen molar-refractivity contribution in [2.45, 2.75) is 25.8 Å². The molecular formula is C19H22N2O5. The van der Waals surface area contributed by atoms with Crippen LogP contribution in [0.2, 0.25) is 0 Å². The number of rotatable bonds is 9. The number of para-hydroxylation sites is 2. The Bertz CT molecular complexity index is 746. The number of hydrogen-bond acceptors (Lipinski definition) is 5. The molecule has 0 heterocycles. The van der Waals surface area contributed by atoms with Gasteiger partial charge in [-0.1, -0.05) is 24.3 Å². The number of hydrogen-bond donors (Lipinski definition) is 1. The third-order valence-electron chi connectivity index (χ3n) is 3.85. The van der Waals surface area contributed by atoms with Crippen molar-refractivity contribution < 1.29 is 19.2 Å². The summed E-state index contributed by atoms with van der Waals surface area (Å²) in [5, 5.41) is 13.8. The van der Waals surface area contributed by atoms with E-state index in [0.29, 0.717) is 0 Å². The number of carbonyl (C=O) groups excluding carboxylic acids is 1. The quantitative estimate of drug-likeness (QED) is 0.549. The zero-order valence-electron chi connectivity index (χ0n) is 14.8. The lowest BCUT2D eigenvalue weighted by atomic mass is 10.1. The van der Waals surface area contributed by atoms with E-state index in [9.17, 15) is 14.9 Å². The van der Waals surface area contributed by atoms with Gasteiger partial charge in [0, 0.05) is 12.1 Å². The fourth-order valence-corrected chi connectivity index (χ4v) is 2.44. The molecule has 0 aliphatic carbocycles. The maximum Gasteiger partial charge on any atom is 0.310 e. The Kier molecular flexibility index (Phi) is 6.96. The number of nitro groups is 1. The molecule has 138 valence electrons. The van der Waals surface area contributed by atoms with Gasteiger partial charge in [-0.15, -0.1) is 0 Å². The molecule has 1 amide bonds. The van der Waals surface area contributed by atoms with Gasteiger partial charge in [0.2, 0.25) is 0 Å². The molecule has 26 heavy (non-hydrogen) atoms. The number of carbonyl (C=O) groups is 1. The molecule has 0 saturated heterocycles. The molecule has 0 saturated carbocycles. The van der Waals surface area contributed by atoms with Crippen LogP contribution in [0.4, 0.5) is 5.69 Å². The molecule has 2 rings (SSSR count). The van der Waals surface area contributed by atoms with E-state index in [1.54, 1.807) is 19.2 Å². The Morgan fingerprint density at radius 3 is 2.54 bits per heavy atom. The van der Waals surface area contributed by atoms with E-state index in [1.165, 1.54) is 12.1 Å². The van der Waals surface area contributed by atoms with Crippen LogP contribution in [0.3, 0.4) is 0 Å². The van der Waals surface area contributed by atoms with E-state index in [-0.39, 0.29) is 30.0 Å². The molecule has 1 atom stereocenters. The molecule has 0 aliphatic rings. The van der Waals surface area contributed by atoms with Crippen molar-refractivity contribution in [3.05, 3.63) is 64.2 Å². The number of aryl methyl sites for hydroxylation is 1. The Hall–Kier alpha value is -3.09. The average molecular weight is 358 g/mol. The highest BCUT2D eigenvalue weighted by molar-refractivity contribution is 5.78. The van der Waals surface area contributed by atoms with Crippen molar-refractivity contribution in [3.63, 3.8) is 0 Å². The summed E-state index contributed by atoms with van der Waals surface area (Å²) in [7, 11) is 1.62. The SMILES string of the molecule is COc1ccc(CCC(C)NC(=O)COc2ccccc2[N+](=O)[O-])cc1. The Labute approximate surface area is 152 Å². The van der Waals surface area contributed by atoms with E-state index >= 15 is 0 Å². The molecule has 2 aromatic carbocycles. The van der Waals surface area contributed by atoms with E-state index in [2.05, 4.69) is 5.32 Å². The topological polar surface area (TPSA) is 90.7 Å². The summed E-state index contributed by atoms with van der Waals surface area (Å²) in [6, 6.07) is 13.7. The van der Waals surface area contributed by atoms with Crippen molar-refractivity contribution in [1.29, 1.82) is 0 Å². The first-order valence-corrected chi connectivity index (χ1v) is 8.28. The number of methoxy groups -OCH3 is 1. The Morgan fingerprint density at radius 1 is 1.19 bits per heavy atom. The maximum absolute atomic E-state index is 12.0. The van der Waals surface area contributed by atoms with Gasteiger partial charge in [0.05, 0.1) is 12.0 Å². The first-order chi connectivity index (χ1) is 12.5. The average Bonchev–Trinajstić information content (AvgIpc) is 2.65. The minimum absolute atomic E-state index is 0.0426. The molecule has 1 unspecified atom stereocenters. The molecule has 0 bridgehead atoms. The van der Waals surface area contributed by atoms with Gasteiger partial charge in [0.15, 0.2) is 12.4 Å². The summed E-state index contributed by atoms with van der Waals surface area (Å²) in [4.78, 5) is 22.4. The second kappa shape index (κ2) is 9.41. The molecule has 0 fully saturated rings. The van der Waals surface area contributed by atoms with Crippen LogP contribution in [0.1, 0.15) is 18.9 Å². The minimum Gasteiger partial charge on any atom is -0.497 e. The van der Waals surface area contributed by atoms with Crippen LogP contribution in [0.5, 0.6) is 11.5 Å². The van der Waals surface area contributed by atoms with Crippen molar-refractivity contribution in [3.8, 4) is 11.5 Å². The van der Waals surface area contributed by atoms with E-state index in [1.807, 2.05) is 31.2 Å². The monoisotopic (exact) mass is 358 g/mol. The summed E-state index contributed by atoms with van der Waals surface area (Å²) >= 11 is 0. The molecule has 0 spiro atoms. The highest BCUT2D eigenvalue weighted by atomic mass is 16.6. The lowest BCUT2D eigenvalue weighted by molar-refractivity contribution is -0.385. The van der Waals surface area contributed by atoms with Crippen molar-refractivity contribution >= 4 is 11.6 Å². The van der Waals surface area contributed by atoms with Crippen LogP contribution in [-0.4, -0.2) is 30.6 Å². The molecule has 0 aliphatic heterocycles. The third-order valence-corrected chi connectivity index (χ3v) is 3.85. The van der Waals surface area contributed by atoms with Gasteiger partial charge in [-0.3, -0.25) is 14.9 Å². The van der Waals surface area contributed by atoms with Gasteiger partial charge in [-0.25, -0.2) is 0 Å². The molecule has 0 aromatic heterocycles. The summed E-state index contributed by atoms with van der Waals surface area (Å²) in [6.07, 6.45) is 1.58. The molecular weight excluding hydrogens is 336 g/mol. The smallest absolute Gasteiger partial charge is 0.310 e. The first-order valence-electron chi connectivity index (χ1n) is 8.28. The van der Waals surface area contributed by atoms with Crippen LogP contribution in [0.15, 0.2) is 48.5 Å². The highest BCUT2D eigenvalue weighted by Gasteiger charge is 2.15. The molecule has 2 aromatic rings. The van der Waals surface area contributed by atoms with Gasteiger partial charge in [0.25, 0.3) is 5.91 Å². The number of benzene rings is 2. The normalized spacial score (nSPS) is 11.5. The van der Waals surface area contributed by atoms with Gasteiger partial charge in [-0.05, 0) is 43.5 Å². The predicted octanol–water partition coefficient (Wildman–Crippen LogP) is 3.12. The van der Waals surface area contributed by atoms with Gasteiger partial charge in [0.1, 0.15) is 5.75 Å². The largest absolute Gasteiger partial charge is 0.497 e. The lowest BCUT2D eigenvalue weighted by Gasteiger charge is -2.14. The van der Waals surface area contributed by atoms with Crippen LogP contribution in [0, 0.1) is 10.1 Å². The molecule has 7 nitrogen and oxygen atoms in total. The molecule has 7 heteroatoms. The van der Waals surface area contributed by atoms with Crippen LogP contribution < -0.4 is 14.8 Å². The number of amides is 1. The van der Waals surface area contributed by atoms with Crippen LogP contribution in [0.25, 0.3) is 0 Å². The summed E-state index contributed by atoms with van der Waals surface area (Å²) in [6.45, 7) is 1.64. The van der Waals surface area contributed by atoms with Gasteiger partial charge in [-0.2, -0.15) is 0 Å². The van der Waals surface area contributed by atoms with E-state index in [4.69, 9.17) is 9.47 Å². The first kappa shape index (κ1) is 19.2. The lowest BCUT2D eigenvalue weighted by Crippen LogP contribution is -2.36. The van der Waals surface area contributed by atoms with Gasteiger partial charge >= 0.3 is 5.69 Å². The number of ether oxygens (including phenoxy) is 2. The Balaban J connectivity index is 1.77. The number of nitrogens with one attached hydrogen (secondary N) is 1. The van der Waals surface area contributed by atoms with E-state index in [0.717, 1.165) is 24.2 Å². The molecule has 0 radical (unpaired) electrons. The molecule has 1 N–H and O–H groups in total. The Morgan fingerprint density at radius 2 is 1.88 bits per heavy atom. The van der Waals surface area contributed by atoms with Gasteiger partial charge < -0.3 is 14.8 Å². The summed E-state index contributed by atoms with van der Waals surface area (Å²) < 4.78 is 10.4. The fraction of sp³-hybridized carbons (Fsp3) is 0.316. The zero-order chi connectivity index (χ0) is 18.9. The number of nitrogens with zero attached hydrogens (tertiary/aromatic N) is 1. The zero-order valence-corrected chi connectivity index (χ0v) is 14.8. The second-order valence-corrected chi connectivity index (χ2v) is 5.87. The summed E-state index contributed by atoms with van der Waals surface area (Å²) in [5.74, 6) is 0.575. The summed E-state index contributed by atoms with van der Waals surface area (Å²) in [5.41, 5.74) is 0.996. The van der Waals surface area contributed by atoms with Crippen LogP contribution >= 0.6 is 0 Å². The van der Waals surface area contributed by atoms with Crippen molar-refractivity contribution in [2.24, 2.45) is 0 Å². The van der Waals surface area contributed by atoms with Crippen molar-refractivity contribution in [2.75, 3.05) is 13.7 Å². The minimum atomic E-state index is -0.537. The number of nitro benzene ring substituents is 1.